The summed E-state index contributed by atoms with van der Waals surface area (Å²) in [5.74, 6) is -3.44. The molecule has 1 unspecified atom stereocenters. The Kier molecular flexibility index (Phi) is 3.83. The van der Waals surface area contributed by atoms with Crippen LogP contribution in [0.15, 0.2) is 18.2 Å². The minimum absolute atomic E-state index is 0.182. The van der Waals surface area contributed by atoms with Crippen molar-refractivity contribution in [1.29, 1.82) is 0 Å². The summed E-state index contributed by atoms with van der Waals surface area (Å²) in [6, 6.07) is 3.33. The molecule has 0 saturated heterocycles. The molecular formula is C12H15F2NO2. The molecule has 0 aliphatic carbocycles. The van der Waals surface area contributed by atoms with Crippen LogP contribution < -0.4 is 5.32 Å². The lowest BCUT2D eigenvalue weighted by Crippen LogP contribution is -2.50. The van der Waals surface area contributed by atoms with Gasteiger partial charge in [-0.3, -0.25) is 5.32 Å². The zero-order valence-electron chi connectivity index (χ0n) is 9.92. The fourth-order valence-corrected chi connectivity index (χ4v) is 1.72. The number of hydrogen-bond donors (Lipinski definition) is 2. The maximum absolute atomic E-state index is 13.6. The number of rotatable bonds is 4. The van der Waals surface area contributed by atoms with E-state index in [0.29, 0.717) is 0 Å². The molecule has 0 aromatic heterocycles. The first-order chi connectivity index (χ1) is 7.79. The Balaban J connectivity index is 3.32. The maximum atomic E-state index is 13.6. The molecule has 1 aromatic carbocycles. The van der Waals surface area contributed by atoms with E-state index >= 15 is 0 Å². The molecule has 1 atom stereocenters. The molecule has 0 fully saturated rings. The normalized spacial score (nSPS) is 14.7. The van der Waals surface area contributed by atoms with Gasteiger partial charge in [0.2, 0.25) is 0 Å². The third-order valence-electron chi connectivity index (χ3n) is 2.50. The summed E-state index contributed by atoms with van der Waals surface area (Å²) in [4.78, 5) is 11.3. The lowest BCUT2D eigenvalue weighted by atomic mass is 9.90. The molecule has 1 aromatic rings. The van der Waals surface area contributed by atoms with Crippen molar-refractivity contribution in [3.63, 3.8) is 0 Å². The Morgan fingerprint density at radius 3 is 2.47 bits per heavy atom. The van der Waals surface area contributed by atoms with Gasteiger partial charge in [0.1, 0.15) is 5.54 Å². The molecule has 17 heavy (non-hydrogen) atoms. The van der Waals surface area contributed by atoms with Crippen LogP contribution in [0.1, 0.15) is 26.3 Å². The molecule has 0 amide bonds. The molecule has 3 nitrogen and oxygen atoms in total. The van der Waals surface area contributed by atoms with E-state index in [1.807, 2.05) is 0 Å². The first-order valence-electron chi connectivity index (χ1n) is 5.24. The second-order valence-electron chi connectivity index (χ2n) is 4.33. The first kappa shape index (κ1) is 13.6. The van der Waals surface area contributed by atoms with E-state index in [2.05, 4.69) is 5.32 Å². The Labute approximate surface area is 98.5 Å². The molecule has 0 bridgehead atoms. The van der Waals surface area contributed by atoms with Gasteiger partial charge in [0.25, 0.3) is 0 Å². The van der Waals surface area contributed by atoms with Crippen molar-refractivity contribution in [3.8, 4) is 0 Å². The summed E-state index contributed by atoms with van der Waals surface area (Å²) in [5.41, 5.74) is -1.86. The van der Waals surface area contributed by atoms with Crippen LogP contribution in [0.2, 0.25) is 0 Å². The lowest BCUT2D eigenvalue weighted by Gasteiger charge is -2.29. The van der Waals surface area contributed by atoms with Crippen molar-refractivity contribution in [2.24, 2.45) is 0 Å². The molecule has 0 saturated carbocycles. The lowest BCUT2D eigenvalue weighted by molar-refractivity contribution is -0.145. The first-order valence-corrected chi connectivity index (χ1v) is 5.24. The molecule has 5 heteroatoms. The Morgan fingerprint density at radius 1 is 1.41 bits per heavy atom. The van der Waals surface area contributed by atoms with Crippen molar-refractivity contribution >= 4 is 5.97 Å². The highest BCUT2D eigenvalue weighted by molar-refractivity contribution is 5.80. The van der Waals surface area contributed by atoms with Crippen LogP contribution in [0.5, 0.6) is 0 Å². The standard InChI is InChI=1S/C12H15F2NO2/c1-7(2)15-12(3,11(16)17)8-5-4-6-9(13)10(8)14/h4-7,15H,1-3H3,(H,16,17). The van der Waals surface area contributed by atoms with Crippen molar-refractivity contribution in [3.05, 3.63) is 35.4 Å². The van der Waals surface area contributed by atoms with E-state index in [1.54, 1.807) is 13.8 Å². The van der Waals surface area contributed by atoms with Gasteiger partial charge in [0.15, 0.2) is 11.6 Å². The van der Waals surface area contributed by atoms with E-state index in [0.717, 1.165) is 6.07 Å². The molecular weight excluding hydrogens is 228 g/mol. The molecule has 0 aliphatic heterocycles. The Morgan fingerprint density at radius 2 is 2.00 bits per heavy atom. The van der Waals surface area contributed by atoms with Crippen LogP contribution >= 0.6 is 0 Å². The summed E-state index contributed by atoms with van der Waals surface area (Å²) in [6.45, 7) is 4.78. The van der Waals surface area contributed by atoms with Gasteiger partial charge in [-0.2, -0.15) is 0 Å². The molecule has 0 spiro atoms. The maximum Gasteiger partial charge on any atom is 0.328 e. The topological polar surface area (TPSA) is 49.3 Å². The molecule has 94 valence electrons. The van der Waals surface area contributed by atoms with Gasteiger partial charge in [-0.05, 0) is 26.8 Å². The van der Waals surface area contributed by atoms with Gasteiger partial charge in [0, 0.05) is 11.6 Å². The fraction of sp³-hybridized carbons (Fsp3) is 0.417. The van der Waals surface area contributed by atoms with Crippen molar-refractivity contribution < 1.29 is 18.7 Å². The van der Waals surface area contributed by atoms with Crippen LogP contribution in [0.4, 0.5) is 8.78 Å². The van der Waals surface area contributed by atoms with E-state index in [9.17, 15) is 18.7 Å². The number of benzene rings is 1. The van der Waals surface area contributed by atoms with Gasteiger partial charge >= 0.3 is 5.97 Å². The van der Waals surface area contributed by atoms with E-state index in [-0.39, 0.29) is 11.6 Å². The number of carboxylic acid groups (broad SMARTS) is 1. The monoisotopic (exact) mass is 243 g/mol. The predicted molar refractivity (Wildman–Crippen MR) is 59.6 cm³/mol. The summed E-state index contributed by atoms with van der Waals surface area (Å²) in [6.07, 6.45) is 0. The Hall–Kier alpha value is -1.49. The highest BCUT2D eigenvalue weighted by Crippen LogP contribution is 2.26. The number of hydrogen-bond acceptors (Lipinski definition) is 2. The minimum Gasteiger partial charge on any atom is -0.480 e. The smallest absolute Gasteiger partial charge is 0.328 e. The molecule has 0 aliphatic rings. The van der Waals surface area contributed by atoms with Gasteiger partial charge in [-0.15, -0.1) is 0 Å². The van der Waals surface area contributed by atoms with E-state index in [4.69, 9.17) is 0 Å². The molecule has 0 heterocycles. The summed E-state index contributed by atoms with van der Waals surface area (Å²) < 4.78 is 26.7. The second kappa shape index (κ2) is 4.79. The van der Waals surface area contributed by atoms with Gasteiger partial charge in [-0.25, -0.2) is 13.6 Å². The average molecular weight is 243 g/mol. The van der Waals surface area contributed by atoms with E-state index < -0.39 is 23.1 Å². The van der Waals surface area contributed by atoms with Crippen molar-refractivity contribution in [2.75, 3.05) is 0 Å². The van der Waals surface area contributed by atoms with E-state index in [1.165, 1.54) is 19.1 Å². The summed E-state index contributed by atoms with van der Waals surface area (Å²) in [7, 11) is 0. The van der Waals surface area contributed by atoms with Crippen LogP contribution in [-0.2, 0) is 10.3 Å². The molecule has 2 N–H and O–H groups in total. The number of nitrogens with one attached hydrogen (secondary N) is 1. The summed E-state index contributed by atoms with van der Waals surface area (Å²) >= 11 is 0. The molecule has 1 rings (SSSR count). The highest BCUT2D eigenvalue weighted by atomic mass is 19.2. The quantitative estimate of drug-likeness (QED) is 0.852. The van der Waals surface area contributed by atoms with Crippen LogP contribution in [0.3, 0.4) is 0 Å². The third kappa shape index (κ3) is 2.61. The number of aliphatic carboxylic acids is 1. The predicted octanol–water partition coefficient (Wildman–Crippen LogP) is 2.26. The van der Waals surface area contributed by atoms with Crippen LogP contribution in [0, 0.1) is 11.6 Å². The largest absolute Gasteiger partial charge is 0.480 e. The number of carbonyl (C=O) groups is 1. The Bertz CT molecular complexity index is 435. The van der Waals surface area contributed by atoms with Gasteiger partial charge in [0.05, 0.1) is 0 Å². The molecule has 0 radical (unpaired) electrons. The van der Waals surface area contributed by atoms with Gasteiger partial charge < -0.3 is 5.11 Å². The van der Waals surface area contributed by atoms with Crippen molar-refractivity contribution in [2.45, 2.75) is 32.4 Å². The zero-order valence-corrected chi connectivity index (χ0v) is 9.92. The van der Waals surface area contributed by atoms with Crippen molar-refractivity contribution in [1.82, 2.24) is 5.32 Å². The highest BCUT2D eigenvalue weighted by Gasteiger charge is 2.38. The SMILES string of the molecule is CC(C)NC(C)(C(=O)O)c1cccc(F)c1F. The number of halogens is 2. The fourth-order valence-electron chi connectivity index (χ4n) is 1.72. The van der Waals surface area contributed by atoms with Crippen LogP contribution in [0.25, 0.3) is 0 Å². The zero-order chi connectivity index (χ0) is 13.2. The number of carboxylic acids is 1. The summed E-state index contributed by atoms with van der Waals surface area (Å²) in [5, 5.41) is 11.9. The van der Waals surface area contributed by atoms with Gasteiger partial charge in [-0.1, -0.05) is 12.1 Å². The minimum atomic E-state index is -1.65. The second-order valence-corrected chi connectivity index (χ2v) is 4.33. The van der Waals surface area contributed by atoms with Crippen LogP contribution in [-0.4, -0.2) is 17.1 Å². The average Bonchev–Trinajstić information content (AvgIpc) is 2.20. The third-order valence-corrected chi connectivity index (χ3v) is 2.50.